The third kappa shape index (κ3) is 7.68. The lowest BCUT2D eigenvalue weighted by Gasteiger charge is -2.38. The monoisotopic (exact) mass is 680 g/mol. The van der Waals surface area contributed by atoms with Crippen LogP contribution in [0.2, 0.25) is 0 Å². The summed E-state index contributed by atoms with van der Waals surface area (Å²) in [5.74, 6) is -3.67. The highest BCUT2D eigenvalue weighted by Gasteiger charge is 2.41. The van der Waals surface area contributed by atoms with Gasteiger partial charge in [-0.15, -0.1) is 0 Å². The molecule has 14 heteroatoms. The number of carbonyl (C=O) groups is 5. The molecule has 2 aliphatic rings. The Kier molecular flexibility index (Phi) is 10.2. The minimum absolute atomic E-state index is 0.0525. The van der Waals surface area contributed by atoms with E-state index >= 15 is 0 Å². The van der Waals surface area contributed by atoms with Gasteiger partial charge in [0.1, 0.15) is 25.2 Å². The standard InChI is InChI=1S/C35H35F3N4O7/c1-40(19-31(44)45)32(46)29(17-21-11-13-22(14-12-21)35(36,37)38)42-16-15-39-30(43)18-28(33(42)47)41(2)34(48)49-20-27-25-9-5-3-7-23(25)24-8-4-6-10-26(24)27/h3-14,27-29H,15-20H2,1-2H3,(H,39,43)(H,44,45)/t28-,29?/m0/s1. The normalized spacial score (nSPS) is 16.8. The van der Waals surface area contributed by atoms with Crippen molar-refractivity contribution in [1.29, 1.82) is 0 Å². The van der Waals surface area contributed by atoms with E-state index in [-0.39, 0.29) is 37.6 Å². The van der Waals surface area contributed by atoms with Gasteiger partial charge in [0.2, 0.25) is 17.7 Å². The molecule has 0 bridgehead atoms. The van der Waals surface area contributed by atoms with E-state index in [1.54, 1.807) is 0 Å². The number of aliphatic carboxylic acids is 1. The summed E-state index contributed by atoms with van der Waals surface area (Å²) in [5, 5.41) is 12.0. The molecule has 4 amide bonds. The number of benzene rings is 3. The van der Waals surface area contributed by atoms with Crippen LogP contribution in [0.4, 0.5) is 18.0 Å². The molecule has 0 spiro atoms. The summed E-state index contributed by atoms with van der Waals surface area (Å²) in [5.41, 5.74) is 3.36. The molecule has 11 nitrogen and oxygen atoms in total. The van der Waals surface area contributed by atoms with E-state index < -0.39 is 66.6 Å². The number of rotatable bonds is 9. The molecule has 258 valence electrons. The predicted octanol–water partition coefficient (Wildman–Crippen LogP) is 3.76. The summed E-state index contributed by atoms with van der Waals surface area (Å²) in [6.45, 7) is -1.02. The second kappa shape index (κ2) is 14.4. The Balaban J connectivity index is 1.39. The fourth-order valence-electron chi connectivity index (χ4n) is 6.31. The second-order valence-electron chi connectivity index (χ2n) is 12.0. The Morgan fingerprint density at radius 3 is 2.12 bits per heavy atom. The van der Waals surface area contributed by atoms with Crippen molar-refractivity contribution >= 4 is 29.8 Å². The van der Waals surface area contributed by atoms with Crippen molar-refractivity contribution < 1.29 is 47.0 Å². The summed E-state index contributed by atoms with van der Waals surface area (Å²) in [4.78, 5) is 68.5. The predicted molar refractivity (Wildman–Crippen MR) is 170 cm³/mol. The minimum atomic E-state index is -4.59. The molecule has 3 aromatic rings. The Labute approximate surface area is 280 Å². The maximum absolute atomic E-state index is 14.2. The first kappa shape index (κ1) is 34.9. The Morgan fingerprint density at radius 1 is 0.959 bits per heavy atom. The first-order valence-corrected chi connectivity index (χ1v) is 15.5. The molecule has 1 aliphatic carbocycles. The highest BCUT2D eigenvalue weighted by Crippen LogP contribution is 2.44. The van der Waals surface area contributed by atoms with Gasteiger partial charge in [0.15, 0.2) is 0 Å². The lowest BCUT2D eigenvalue weighted by Crippen LogP contribution is -2.60. The number of carbonyl (C=O) groups excluding carboxylic acids is 4. The summed E-state index contributed by atoms with van der Waals surface area (Å²) < 4.78 is 45.3. The molecule has 0 radical (unpaired) electrons. The fourth-order valence-corrected chi connectivity index (χ4v) is 6.31. The van der Waals surface area contributed by atoms with E-state index in [1.165, 1.54) is 26.2 Å². The van der Waals surface area contributed by atoms with Crippen LogP contribution in [0.3, 0.4) is 0 Å². The van der Waals surface area contributed by atoms with E-state index in [2.05, 4.69) is 5.32 Å². The van der Waals surface area contributed by atoms with Crippen molar-refractivity contribution in [3.8, 4) is 11.1 Å². The van der Waals surface area contributed by atoms with Gasteiger partial charge >= 0.3 is 18.2 Å². The number of fused-ring (bicyclic) bond motifs is 3. The van der Waals surface area contributed by atoms with Crippen molar-refractivity contribution in [1.82, 2.24) is 20.0 Å². The van der Waals surface area contributed by atoms with E-state index in [0.29, 0.717) is 0 Å². The average molecular weight is 681 g/mol. The third-order valence-corrected chi connectivity index (χ3v) is 8.83. The topological polar surface area (TPSA) is 137 Å². The lowest BCUT2D eigenvalue weighted by molar-refractivity contribution is -0.152. The maximum atomic E-state index is 14.2. The summed E-state index contributed by atoms with van der Waals surface area (Å²) in [7, 11) is 2.53. The Bertz CT molecular complexity index is 1700. The number of carboxylic acid groups (broad SMARTS) is 1. The summed E-state index contributed by atoms with van der Waals surface area (Å²) in [6, 6.07) is 16.8. The molecule has 1 aliphatic heterocycles. The van der Waals surface area contributed by atoms with E-state index in [9.17, 15) is 42.3 Å². The quantitative estimate of drug-likeness (QED) is 0.351. The van der Waals surface area contributed by atoms with Crippen molar-refractivity contribution in [3.05, 3.63) is 95.1 Å². The molecular weight excluding hydrogens is 645 g/mol. The third-order valence-electron chi connectivity index (χ3n) is 8.83. The molecular formula is C35H35F3N4O7. The molecule has 2 N–H and O–H groups in total. The molecule has 0 aromatic heterocycles. The zero-order valence-corrected chi connectivity index (χ0v) is 26.8. The van der Waals surface area contributed by atoms with Crippen LogP contribution in [0.1, 0.15) is 34.6 Å². The van der Waals surface area contributed by atoms with Gasteiger partial charge in [-0.25, -0.2) is 4.79 Å². The lowest BCUT2D eigenvalue weighted by atomic mass is 9.98. The molecule has 1 heterocycles. The number of nitrogens with zero attached hydrogens (tertiary/aromatic N) is 3. The number of carboxylic acids is 1. The molecule has 49 heavy (non-hydrogen) atoms. The van der Waals surface area contributed by atoms with E-state index in [1.807, 2.05) is 48.5 Å². The van der Waals surface area contributed by atoms with Gasteiger partial charge in [-0.2, -0.15) is 13.2 Å². The first-order valence-electron chi connectivity index (χ1n) is 15.5. The van der Waals surface area contributed by atoms with Crippen LogP contribution in [0, 0.1) is 0 Å². The SMILES string of the molecule is CN(CC(=O)O)C(=O)C(Cc1ccc(C(F)(F)F)cc1)N1CCNC(=O)C[C@H](N(C)C(=O)OCC2c3ccccc3-c3ccccc32)C1=O. The van der Waals surface area contributed by atoms with Gasteiger partial charge in [0.05, 0.1) is 12.0 Å². The first-order chi connectivity index (χ1) is 23.3. The van der Waals surface area contributed by atoms with Crippen LogP contribution in [-0.2, 0) is 36.5 Å². The zero-order chi connectivity index (χ0) is 35.5. The number of halogens is 3. The fraction of sp³-hybridized carbons (Fsp3) is 0.343. The number of nitrogens with one attached hydrogen (secondary N) is 1. The number of likely N-dealkylation sites (N-methyl/N-ethyl adjacent to an activating group) is 2. The summed E-state index contributed by atoms with van der Waals surface area (Å²) >= 11 is 0. The largest absolute Gasteiger partial charge is 0.480 e. The number of hydrogen-bond acceptors (Lipinski definition) is 6. The van der Waals surface area contributed by atoms with Gasteiger partial charge in [0, 0.05) is 39.5 Å². The molecule has 0 saturated carbocycles. The molecule has 3 aromatic carbocycles. The molecule has 2 atom stereocenters. The number of hydrogen-bond donors (Lipinski definition) is 2. The average Bonchev–Trinajstić information content (AvgIpc) is 3.38. The maximum Gasteiger partial charge on any atom is 0.416 e. The van der Waals surface area contributed by atoms with Crippen molar-refractivity contribution in [2.24, 2.45) is 0 Å². The van der Waals surface area contributed by atoms with Crippen molar-refractivity contribution in [3.63, 3.8) is 0 Å². The number of amides is 4. The molecule has 1 fully saturated rings. The second-order valence-corrected chi connectivity index (χ2v) is 12.0. The van der Waals surface area contributed by atoms with Crippen molar-refractivity contribution in [2.45, 2.75) is 37.0 Å². The van der Waals surface area contributed by atoms with Crippen LogP contribution in [0.5, 0.6) is 0 Å². The van der Waals surface area contributed by atoms with E-state index in [4.69, 9.17) is 4.74 Å². The molecule has 5 rings (SSSR count). The molecule has 1 unspecified atom stereocenters. The van der Waals surface area contributed by atoms with E-state index in [0.717, 1.165) is 49.1 Å². The van der Waals surface area contributed by atoms with Crippen LogP contribution in [0.25, 0.3) is 11.1 Å². The highest BCUT2D eigenvalue weighted by molar-refractivity contribution is 5.95. The Hall–Kier alpha value is -5.40. The smallest absolute Gasteiger partial charge is 0.416 e. The van der Waals surface area contributed by atoms with Gasteiger partial charge in [-0.1, -0.05) is 60.7 Å². The number of alkyl halides is 3. The van der Waals surface area contributed by atoms with Gasteiger partial charge in [-0.3, -0.25) is 24.1 Å². The zero-order valence-electron chi connectivity index (χ0n) is 26.8. The van der Waals surface area contributed by atoms with Crippen LogP contribution >= 0.6 is 0 Å². The number of ether oxygens (including phenoxy) is 1. The van der Waals surface area contributed by atoms with Crippen molar-refractivity contribution in [2.75, 3.05) is 40.3 Å². The van der Waals surface area contributed by atoms with Crippen LogP contribution in [-0.4, -0.2) is 102 Å². The van der Waals surface area contributed by atoms with Gasteiger partial charge < -0.3 is 25.0 Å². The summed E-state index contributed by atoms with van der Waals surface area (Å²) in [6.07, 6.45) is -6.20. The van der Waals surface area contributed by atoms with Gasteiger partial charge in [0.25, 0.3) is 0 Å². The Morgan fingerprint density at radius 2 is 1.55 bits per heavy atom. The molecule has 1 saturated heterocycles. The van der Waals surface area contributed by atoms with Gasteiger partial charge in [-0.05, 0) is 39.9 Å². The van der Waals surface area contributed by atoms with Crippen LogP contribution < -0.4 is 5.32 Å². The van der Waals surface area contributed by atoms with Crippen LogP contribution in [0.15, 0.2) is 72.8 Å². The highest BCUT2D eigenvalue weighted by atomic mass is 19.4. The minimum Gasteiger partial charge on any atom is -0.480 e.